The Balaban J connectivity index is 1.55. The second-order valence-electron chi connectivity index (χ2n) is 6.55. The zero-order chi connectivity index (χ0) is 18.6. The summed E-state index contributed by atoms with van der Waals surface area (Å²) in [7, 11) is 1.62. The van der Waals surface area contributed by atoms with E-state index in [9.17, 15) is 4.79 Å². The van der Waals surface area contributed by atoms with Gasteiger partial charge in [-0.3, -0.25) is 10.4 Å². The van der Waals surface area contributed by atoms with Crippen LogP contribution in [0.1, 0.15) is 30.0 Å². The predicted molar refractivity (Wildman–Crippen MR) is 103 cm³/mol. The Bertz CT molecular complexity index is 933. The number of hydrogen-bond donors (Lipinski definition) is 2. The summed E-state index contributed by atoms with van der Waals surface area (Å²) in [6.07, 6.45) is 1.69. The number of ether oxygens (including phenoxy) is 2. The van der Waals surface area contributed by atoms with Gasteiger partial charge in [0.1, 0.15) is 18.1 Å². The van der Waals surface area contributed by atoms with E-state index in [-0.39, 0.29) is 6.61 Å². The molecule has 0 spiro atoms. The number of carbonyl (C=O) groups excluding carboxylic acids is 1. The minimum atomic E-state index is -0.494. The Morgan fingerprint density at radius 1 is 1.19 bits per heavy atom. The molecule has 2 N–H and O–H groups in total. The normalized spacial score (nSPS) is 13.2. The highest BCUT2D eigenvalue weighted by molar-refractivity contribution is 5.91. The highest BCUT2D eigenvalue weighted by Gasteiger charge is 2.31. The Labute approximate surface area is 157 Å². The molecule has 3 aromatic rings. The molecule has 1 amide bonds. The molecule has 1 saturated carbocycles. The van der Waals surface area contributed by atoms with Crippen molar-refractivity contribution >= 4 is 11.8 Å². The molecule has 1 heterocycles. The summed E-state index contributed by atoms with van der Waals surface area (Å²) in [4.78, 5) is 12.4. The largest absolute Gasteiger partial charge is 0.497 e. The number of nitrogens with zero attached hydrogens (tertiary/aromatic N) is 1. The Hall–Kier alpha value is -3.28. The maximum absolute atomic E-state index is 12.4. The summed E-state index contributed by atoms with van der Waals surface area (Å²) in [6, 6.07) is 17.2. The van der Waals surface area contributed by atoms with E-state index in [1.165, 1.54) is 0 Å². The van der Waals surface area contributed by atoms with Gasteiger partial charge in [0.25, 0.3) is 0 Å². The monoisotopic (exact) mass is 363 g/mol. The van der Waals surface area contributed by atoms with Crippen molar-refractivity contribution in [1.82, 2.24) is 10.2 Å². The zero-order valence-electron chi connectivity index (χ0n) is 15.1. The first-order valence-corrected chi connectivity index (χ1v) is 8.95. The zero-order valence-corrected chi connectivity index (χ0v) is 15.1. The van der Waals surface area contributed by atoms with Crippen molar-refractivity contribution in [2.75, 3.05) is 12.4 Å². The fraction of sp³-hybridized carbons (Fsp3) is 0.238. The lowest BCUT2D eigenvalue weighted by Gasteiger charge is -2.10. The van der Waals surface area contributed by atoms with Crippen molar-refractivity contribution in [2.24, 2.45) is 0 Å². The number of nitrogens with one attached hydrogen (secondary N) is 2. The van der Waals surface area contributed by atoms with Gasteiger partial charge in [0.15, 0.2) is 0 Å². The van der Waals surface area contributed by atoms with Crippen LogP contribution in [0.15, 0.2) is 54.6 Å². The summed E-state index contributed by atoms with van der Waals surface area (Å²) in [5.41, 5.74) is 4.13. The van der Waals surface area contributed by atoms with E-state index in [1.54, 1.807) is 7.11 Å². The first kappa shape index (κ1) is 17.1. The molecule has 138 valence electrons. The van der Waals surface area contributed by atoms with Crippen LogP contribution in [-0.4, -0.2) is 23.4 Å². The summed E-state index contributed by atoms with van der Waals surface area (Å²) in [5.74, 6) is 1.14. The first-order chi connectivity index (χ1) is 13.2. The van der Waals surface area contributed by atoms with Crippen LogP contribution in [0.4, 0.5) is 10.5 Å². The number of rotatable bonds is 6. The van der Waals surface area contributed by atoms with Crippen molar-refractivity contribution in [3.63, 3.8) is 0 Å². The van der Waals surface area contributed by atoms with Crippen LogP contribution in [0.2, 0.25) is 0 Å². The summed E-state index contributed by atoms with van der Waals surface area (Å²) in [6.45, 7) is 0.220. The molecule has 1 fully saturated rings. The first-order valence-electron chi connectivity index (χ1n) is 8.95. The average Bonchev–Trinajstić information content (AvgIpc) is 3.48. The van der Waals surface area contributed by atoms with Crippen LogP contribution >= 0.6 is 0 Å². The van der Waals surface area contributed by atoms with Gasteiger partial charge in [-0.1, -0.05) is 42.5 Å². The maximum atomic E-state index is 12.4. The molecule has 0 unspecified atom stereocenters. The van der Waals surface area contributed by atoms with Crippen molar-refractivity contribution < 1.29 is 14.3 Å². The number of amides is 1. The van der Waals surface area contributed by atoms with E-state index in [0.717, 1.165) is 35.4 Å². The van der Waals surface area contributed by atoms with E-state index >= 15 is 0 Å². The molecule has 27 heavy (non-hydrogen) atoms. The molecule has 6 nitrogen and oxygen atoms in total. The van der Waals surface area contributed by atoms with Gasteiger partial charge >= 0.3 is 6.09 Å². The fourth-order valence-corrected chi connectivity index (χ4v) is 2.99. The number of methoxy groups -OCH3 is 1. The van der Waals surface area contributed by atoms with Crippen LogP contribution in [-0.2, 0) is 11.3 Å². The van der Waals surface area contributed by atoms with Gasteiger partial charge in [0, 0.05) is 11.5 Å². The van der Waals surface area contributed by atoms with E-state index in [1.807, 2.05) is 54.6 Å². The molecule has 1 aromatic heterocycles. The van der Waals surface area contributed by atoms with E-state index in [4.69, 9.17) is 9.47 Å². The number of aromatic amines is 1. The third kappa shape index (κ3) is 3.95. The van der Waals surface area contributed by atoms with Crippen molar-refractivity contribution in [2.45, 2.75) is 25.4 Å². The molecule has 4 rings (SSSR count). The van der Waals surface area contributed by atoms with Gasteiger partial charge < -0.3 is 9.47 Å². The van der Waals surface area contributed by atoms with Gasteiger partial charge in [-0.05, 0) is 30.5 Å². The fourth-order valence-electron chi connectivity index (χ4n) is 2.99. The summed E-state index contributed by atoms with van der Waals surface area (Å²) >= 11 is 0. The van der Waals surface area contributed by atoms with Gasteiger partial charge in [-0.2, -0.15) is 5.10 Å². The minimum Gasteiger partial charge on any atom is -0.497 e. The molecular weight excluding hydrogens is 342 g/mol. The molecule has 2 aromatic carbocycles. The summed E-state index contributed by atoms with van der Waals surface area (Å²) < 4.78 is 10.7. The molecule has 6 heteroatoms. The topological polar surface area (TPSA) is 76.2 Å². The number of hydrogen-bond acceptors (Lipinski definition) is 4. The van der Waals surface area contributed by atoms with Gasteiger partial charge in [-0.25, -0.2) is 4.79 Å². The standard InChI is InChI=1S/C21H21N3O3/c1-26-17-9-5-8-16(12-17)19-20(18(23-24-19)15-10-11-15)22-21(25)27-13-14-6-3-2-4-7-14/h2-9,12,15H,10-11,13H2,1H3,(H,22,25)(H,23,24). The molecular formula is C21H21N3O3. The van der Waals surface area contributed by atoms with Crippen LogP contribution in [0.25, 0.3) is 11.3 Å². The molecule has 0 bridgehead atoms. The summed E-state index contributed by atoms with van der Waals surface area (Å²) in [5, 5.41) is 10.4. The highest BCUT2D eigenvalue weighted by atomic mass is 16.5. The Kier molecular flexibility index (Phi) is 4.78. The van der Waals surface area contributed by atoms with Gasteiger partial charge in [-0.15, -0.1) is 0 Å². The quantitative estimate of drug-likeness (QED) is 0.665. The molecule has 0 atom stereocenters. The molecule has 0 radical (unpaired) electrons. The number of H-pyrrole nitrogens is 1. The van der Waals surface area contributed by atoms with E-state index in [2.05, 4.69) is 15.5 Å². The van der Waals surface area contributed by atoms with Gasteiger partial charge in [0.05, 0.1) is 18.5 Å². The third-order valence-electron chi connectivity index (χ3n) is 4.56. The Morgan fingerprint density at radius 3 is 2.74 bits per heavy atom. The lowest BCUT2D eigenvalue weighted by Crippen LogP contribution is -2.14. The molecule has 1 aliphatic rings. The van der Waals surface area contributed by atoms with Crippen LogP contribution in [0, 0.1) is 0 Å². The molecule has 0 saturated heterocycles. The van der Waals surface area contributed by atoms with Crippen LogP contribution in [0.5, 0.6) is 5.75 Å². The van der Waals surface area contributed by atoms with Crippen LogP contribution in [0.3, 0.4) is 0 Å². The number of anilines is 1. The van der Waals surface area contributed by atoms with Crippen molar-refractivity contribution in [3.05, 3.63) is 65.9 Å². The Morgan fingerprint density at radius 2 is 2.00 bits per heavy atom. The van der Waals surface area contributed by atoms with Crippen LogP contribution < -0.4 is 10.1 Å². The van der Waals surface area contributed by atoms with Gasteiger partial charge in [0.2, 0.25) is 0 Å². The van der Waals surface area contributed by atoms with E-state index in [0.29, 0.717) is 17.3 Å². The van der Waals surface area contributed by atoms with Crippen molar-refractivity contribution in [3.8, 4) is 17.0 Å². The maximum Gasteiger partial charge on any atom is 0.412 e. The third-order valence-corrected chi connectivity index (χ3v) is 4.56. The lowest BCUT2D eigenvalue weighted by atomic mass is 10.1. The second kappa shape index (κ2) is 7.53. The predicted octanol–water partition coefficient (Wildman–Crippen LogP) is 4.71. The molecule has 1 aliphatic carbocycles. The average molecular weight is 363 g/mol. The SMILES string of the molecule is COc1cccc(-c2n[nH]c(C3CC3)c2NC(=O)OCc2ccccc2)c1. The smallest absolute Gasteiger partial charge is 0.412 e. The lowest BCUT2D eigenvalue weighted by molar-refractivity contribution is 0.155. The number of benzene rings is 2. The van der Waals surface area contributed by atoms with Crippen molar-refractivity contribution in [1.29, 1.82) is 0 Å². The highest BCUT2D eigenvalue weighted by Crippen LogP contribution is 2.45. The number of carbonyl (C=O) groups is 1. The number of aromatic nitrogens is 2. The van der Waals surface area contributed by atoms with E-state index < -0.39 is 6.09 Å². The second-order valence-corrected chi connectivity index (χ2v) is 6.55. The molecule has 0 aliphatic heterocycles. The minimum absolute atomic E-state index is 0.220.